The molecular weight excluding hydrogens is 391 g/mol. The molecule has 1 saturated heterocycles. The van der Waals surface area contributed by atoms with Gasteiger partial charge in [-0.3, -0.25) is 9.89 Å². The van der Waals surface area contributed by atoms with E-state index in [4.69, 9.17) is 4.74 Å². The quantitative estimate of drug-likeness (QED) is 0.385. The Hall–Kier alpha value is -0.0800. The summed E-state index contributed by atoms with van der Waals surface area (Å²) in [6.07, 6.45) is 2.41. The first-order valence-corrected chi connectivity index (χ1v) is 8.33. The highest BCUT2D eigenvalue weighted by Crippen LogP contribution is 2.12. The second kappa shape index (κ2) is 12.4. The predicted molar refractivity (Wildman–Crippen MR) is 105 cm³/mol. The van der Waals surface area contributed by atoms with Gasteiger partial charge in [-0.1, -0.05) is 27.2 Å². The molecule has 0 aromatic heterocycles. The van der Waals surface area contributed by atoms with Crippen molar-refractivity contribution < 1.29 is 4.74 Å². The van der Waals surface area contributed by atoms with Crippen molar-refractivity contribution in [3.8, 4) is 0 Å². The molecule has 1 rings (SSSR count). The van der Waals surface area contributed by atoms with Crippen molar-refractivity contribution in [1.29, 1.82) is 0 Å². The van der Waals surface area contributed by atoms with Crippen molar-refractivity contribution >= 4 is 29.9 Å². The molecule has 0 bridgehead atoms. The number of aliphatic imine (C=N–C) groups is 1. The number of hydrogen-bond donors (Lipinski definition) is 1. The van der Waals surface area contributed by atoms with Gasteiger partial charge in [-0.15, -0.1) is 24.0 Å². The van der Waals surface area contributed by atoms with E-state index in [9.17, 15) is 0 Å². The third-order valence-electron chi connectivity index (χ3n) is 4.17. The monoisotopic (exact) mass is 426 g/mol. The van der Waals surface area contributed by atoms with E-state index >= 15 is 0 Å². The van der Waals surface area contributed by atoms with E-state index in [0.717, 1.165) is 45.4 Å². The van der Waals surface area contributed by atoms with Gasteiger partial charge < -0.3 is 15.0 Å². The Morgan fingerprint density at radius 1 is 1.32 bits per heavy atom. The average Bonchev–Trinajstić information content (AvgIpc) is 2.49. The van der Waals surface area contributed by atoms with Crippen LogP contribution in [0.5, 0.6) is 0 Å². The van der Waals surface area contributed by atoms with Crippen LogP contribution in [0.1, 0.15) is 33.6 Å². The van der Waals surface area contributed by atoms with Crippen molar-refractivity contribution in [1.82, 2.24) is 15.1 Å². The number of nitrogens with zero attached hydrogens (tertiary/aromatic N) is 3. The lowest BCUT2D eigenvalue weighted by atomic mass is 10.0. The number of hydrogen-bond acceptors (Lipinski definition) is 3. The summed E-state index contributed by atoms with van der Waals surface area (Å²) in [7, 11) is 3.98. The minimum absolute atomic E-state index is 0. The molecule has 132 valence electrons. The summed E-state index contributed by atoms with van der Waals surface area (Å²) < 4.78 is 5.46. The van der Waals surface area contributed by atoms with Crippen LogP contribution in [-0.2, 0) is 4.74 Å². The molecule has 0 aromatic carbocycles. The van der Waals surface area contributed by atoms with Gasteiger partial charge in [-0.2, -0.15) is 0 Å². The van der Waals surface area contributed by atoms with E-state index in [1.54, 1.807) is 0 Å². The Labute approximate surface area is 153 Å². The van der Waals surface area contributed by atoms with Crippen molar-refractivity contribution in [2.24, 2.45) is 10.9 Å². The maximum absolute atomic E-state index is 5.46. The number of guanidine groups is 1. The Kier molecular flexibility index (Phi) is 12.3. The normalized spacial score (nSPS) is 18.0. The van der Waals surface area contributed by atoms with Crippen LogP contribution in [-0.4, -0.2) is 75.3 Å². The number of rotatable bonds is 7. The highest BCUT2D eigenvalue weighted by molar-refractivity contribution is 14.0. The minimum Gasteiger partial charge on any atom is -0.379 e. The highest BCUT2D eigenvalue weighted by Gasteiger charge is 2.24. The highest BCUT2D eigenvalue weighted by atomic mass is 127. The van der Waals surface area contributed by atoms with Crippen LogP contribution >= 0.6 is 24.0 Å². The Bertz CT molecular complexity index is 307. The molecule has 0 amide bonds. The van der Waals surface area contributed by atoms with Gasteiger partial charge in [0.15, 0.2) is 5.96 Å². The van der Waals surface area contributed by atoms with E-state index in [2.05, 4.69) is 47.9 Å². The zero-order valence-electron chi connectivity index (χ0n) is 15.0. The van der Waals surface area contributed by atoms with Gasteiger partial charge in [-0.25, -0.2) is 0 Å². The van der Waals surface area contributed by atoms with E-state index in [-0.39, 0.29) is 24.0 Å². The first-order chi connectivity index (χ1) is 10.1. The molecule has 5 nitrogen and oxygen atoms in total. The molecule has 0 aliphatic carbocycles. The smallest absolute Gasteiger partial charge is 0.193 e. The minimum atomic E-state index is 0. The van der Waals surface area contributed by atoms with Crippen LogP contribution in [0, 0.1) is 5.92 Å². The van der Waals surface area contributed by atoms with Gasteiger partial charge in [0, 0.05) is 46.3 Å². The predicted octanol–water partition coefficient (Wildman–Crippen LogP) is 2.27. The zero-order valence-corrected chi connectivity index (χ0v) is 17.3. The molecule has 0 aromatic rings. The van der Waals surface area contributed by atoms with E-state index in [1.807, 2.05) is 7.05 Å². The van der Waals surface area contributed by atoms with Gasteiger partial charge in [0.1, 0.15) is 0 Å². The fraction of sp³-hybridized carbons (Fsp3) is 0.938. The molecule has 1 atom stereocenters. The van der Waals surface area contributed by atoms with Gasteiger partial charge in [0.25, 0.3) is 0 Å². The molecule has 1 aliphatic heterocycles. The van der Waals surface area contributed by atoms with Crippen molar-refractivity contribution in [3.63, 3.8) is 0 Å². The van der Waals surface area contributed by atoms with Crippen LogP contribution in [0.4, 0.5) is 0 Å². The van der Waals surface area contributed by atoms with Crippen LogP contribution in [0.15, 0.2) is 4.99 Å². The second-order valence-electron chi connectivity index (χ2n) is 6.16. The van der Waals surface area contributed by atoms with Crippen molar-refractivity contribution in [2.45, 2.75) is 39.7 Å². The average molecular weight is 426 g/mol. The standard InChI is InChI=1S/C16H34N4O.HI/c1-6-7-8-19(5)16(17-4)18-13-15(14(2)3)20-9-11-21-12-10-20;/h14-15H,6-13H2,1-5H3,(H,17,18);1H. The first kappa shape index (κ1) is 21.9. The van der Waals surface area contributed by atoms with Crippen molar-refractivity contribution in [3.05, 3.63) is 0 Å². The Morgan fingerprint density at radius 2 is 1.95 bits per heavy atom. The third kappa shape index (κ3) is 7.46. The lowest BCUT2D eigenvalue weighted by Gasteiger charge is -2.37. The molecule has 6 heteroatoms. The Balaban J connectivity index is 0.00000441. The molecule has 1 unspecified atom stereocenters. The number of unbranched alkanes of at least 4 members (excludes halogenated alkanes) is 1. The molecule has 1 fully saturated rings. The summed E-state index contributed by atoms with van der Waals surface area (Å²) in [6.45, 7) is 12.6. The fourth-order valence-corrected chi connectivity index (χ4v) is 2.78. The molecule has 22 heavy (non-hydrogen) atoms. The SMILES string of the molecule is CCCCN(C)C(=NC)NCC(C(C)C)N1CCOCC1.I. The summed E-state index contributed by atoms with van der Waals surface area (Å²) >= 11 is 0. The first-order valence-electron chi connectivity index (χ1n) is 8.33. The van der Waals surface area contributed by atoms with Crippen LogP contribution in [0.2, 0.25) is 0 Å². The molecule has 0 radical (unpaired) electrons. The third-order valence-corrected chi connectivity index (χ3v) is 4.17. The number of nitrogens with one attached hydrogen (secondary N) is 1. The van der Waals surface area contributed by atoms with E-state index in [1.165, 1.54) is 12.8 Å². The Morgan fingerprint density at radius 3 is 2.45 bits per heavy atom. The number of morpholine rings is 1. The molecular formula is C16H35IN4O. The summed E-state index contributed by atoms with van der Waals surface area (Å²) in [6, 6.07) is 0.533. The van der Waals surface area contributed by atoms with Gasteiger partial charge >= 0.3 is 0 Å². The molecule has 1 aliphatic rings. The molecule has 1 N–H and O–H groups in total. The lowest BCUT2D eigenvalue weighted by Crippen LogP contribution is -2.52. The van der Waals surface area contributed by atoms with E-state index < -0.39 is 0 Å². The summed E-state index contributed by atoms with van der Waals surface area (Å²) in [4.78, 5) is 9.17. The number of halogens is 1. The van der Waals surface area contributed by atoms with Crippen molar-refractivity contribution in [2.75, 3.05) is 53.5 Å². The van der Waals surface area contributed by atoms with Gasteiger partial charge in [0.2, 0.25) is 0 Å². The zero-order chi connectivity index (χ0) is 15.7. The topological polar surface area (TPSA) is 40.1 Å². The maximum atomic E-state index is 5.46. The van der Waals surface area contributed by atoms with Gasteiger partial charge in [0.05, 0.1) is 13.2 Å². The van der Waals surface area contributed by atoms with E-state index in [0.29, 0.717) is 12.0 Å². The number of ether oxygens (including phenoxy) is 1. The largest absolute Gasteiger partial charge is 0.379 e. The second-order valence-corrected chi connectivity index (χ2v) is 6.16. The maximum Gasteiger partial charge on any atom is 0.193 e. The summed E-state index contributed by atoms with van der Waals surface area (Å²) in [5.41, 5.74) is 0. The fourth-order valence-electron chi connectivity index (χ4n) is 2.78. The van der Waals surface area contributed by atoms with Crippen LogP contribution in [0.3, 0.4) is 0 Å². The van der Waals surface area contributed by atoms with Crippen LogP contribution < -0.4 is 5.32 Å². The van der Waals surface area contributed by atoms with Crippen LogP contribution in [0.25, 0.3) is 0 Å². The molecule has 0 saturated carbocycles. The molecule has 0 spiro atoms. The summed E-state index contributed by atoms with van der Waals surface area (Å²) in [5, 5.41) is 3.55. The summed E-state index contributed by atoms with van der Waals surface area (Å²) in [5.74, 6) is 1.62. The lowest BCUT2D eigenvalue weighted by molar-refractivity contribution is 0.00742. The molecule has 1 heterocycles. The van der Waals surface area contributed by atoms with Gasteiger partial charge in [-0.05, 0) is 12.3 Å².